The molecule has 0 atom stereocenters. The predicted octanol–water partition coefficient (Wildman–Crippen LogP) is 2.26. The van der Waals surface area contributed by atoms with E-state index in [0.717, 1.165) is 17.7 Å². The smallest absolute Gasteiger partial charge is 0.240 e. The minimum absolute atomic E-state index is 0.174. The van der Waals surface area contributed by atoms with Crippen LogP contribution in [0.15, 0.2) is 58.4 Å². The van der Waals surface area contributed by atoms with E-state index in [9.17, 15) is 8.42 Å². The summed E-state index contributed by atoms with van der Waals surface area (Å²) < 4.78 is 26.8. The van der Waals surface area contributed by atoms with E-state index >= 15 is 0 Å². The van der Waals surface area contributed by atoms with E-state index in [1.54, 1.807) is 24.3 Å². The molecule has 0 aliphatic heterocycles. The minimum atomic E-state index is -3.52. The van der Waals surface area contributed by atoms with Crippen molar-refractivity contribution in [2.45, 2.75) is 25.2 Å². The Bertz CT molecular complexity index is 830. The molecule has 4 N–H and O–H groups in total. The molecule has 0 saturated heterocycles. The predicted molar refractivity (Wildman–Crippen MR) is 102 cm³/mol. The summed E-state index contributed by atoms with van der Waals surface area (Å²) in [5.74, 6) is 0.253. The number of aryl methyl sites for hydroxylation is 2. The van der Waals surface area contributed by atoms with E-state index in [1.807, 2.05) is 31.2 Å². The Morgan fingerprint density at radius 3 is 2.56 bits per heavy atom. The zero-order chi connectivity index (χ0) is 18.3. The van der Waals surface area contributed by atoms with Crippen molar-refractivity contribution in [1.82, 2.24) is 4.72 Å². The van der Waals surface area contributed by atoms with Gasteiger partial charge in [0, 0.05) is 12.2 Å². The number of benzene rings is 2. The third-order valence-electron chi connectivity index (χ3n) is 3.62. The molecule has 0 spiro atoms. The van der Waals surface area contributed by atoms with Gasteiger partial charge in [0.25, 0.3) is 0 Å². The average molecular weight is 360 g/mol. The Morgan fingerprint density at radius 1 is 1.16 bits per heavy atom. The first-order valence-electron chi connectivity index (χ1n) is 8.13. The van der Waals surface area contributed by atoms with E-state index < -0.39 is 10.0 Å². The lowest BCUT2D eigenvalue weighted by molar-refractivity contribution is 0.582. The SMILES string of the molecule is CCc1cccc(NC(N)=NCCNS(=O)(=O)c2ccc(C)cc2)c1. The van der Waals surface area contributed by atoms with E-state index in [1.165, 1.54) is 5.56 Å². The molecule has 7 heteroatoms. The molecule has 2 aromatic carbocycles. The summed E-state index contributed by atoms with van der Waals surface area (Å²) in [6.45, 7) is 4.41. The highest BCUT2D eigenvalue weighted by Crippen LogP contribution is 2.11. The van der Waals surface area contributed by atoms with Gasteiger partial charge in [0.1, 0.15) is 0 Å². The maximum atomic E-state index is 12.1. The van der Waals surface area contributed by atoms with Gasteiger partial charge in [-0.15, -0.1) is 0 Å². The van der Waals surface area contributed by atoms with Crippen LogP contribution in [0.25, 0.3) is 0 Å². The summed E-state index contributed by atoms with van der Waals surface area (Å²) in [7, 11) is -3.52. The Morgan fingerprint density at radius 2 is 1.88 bits per heavy atom. The molecular formula is C18H24N4O2S. The summed E-state index contributed by atoms with van der Waals surface area (Å²) in [6.07, 6.45) is 0.938. The van der Waals surface area contributed by atoms with Crippen molar-refractivity contribution in [1.29, 1.82) is 0 Å². The van der Waals surface area contributed by atoms with Crippen LogP contribution < -0.4 is 15.8 Å². The van der Waals surface area contributed by atoms with Crippen molar-refractivity contribution in [3.05, 3.63) is 59.7 Å². The largest absolute Gasteiger partial charge is 0.370 e. The molecular weight excluding hydrogens is 336 g/mol. The lowest BCUT2D eigenvalue weighted by atomic mass is 10.1. The molecule has 134 valence electrons. The van der Waals surface area contributed by atoms with E-state index in [2.05, 4.69) is 22.0 Å². The van der Waals surface area contributed by atoms with Crippen molar-refractivity contribution in [3.63, 3.8) is 0 Å². The standard InChI is InChI=1S/C18H24N4O2S/c1-3-15-5-4-6-16(13-15)22-18(19)20-11-12-21-25(23,24)17-9-7-14(2)8-10-17/h4-10,13,21H,3,11-12H2,1-2H3,(H3,19,20,22). The molecule has 6 nitrogen and oxygen atoms in total. The second kappa shape index (κ2) is 8.64. The van der Waals surface area contributed by atoms with Crippen LogP contribution in [0, 0.1) is 6.92 Å². The van der Waals surface area contributed by atoms with Gasteiger partial charge in [-0.3, -0.25) is 4.99 Å². The Kier molecular flexibility index (Phi) is 6.55. The fourth-order valence-electron chi connectivity index (χ4n) is 2.21. The van der Waals surface area contributed by atoms with Crippen LogP contribution in [0.2, 0.25) is 0 Å². The summed E-state index contributed by atoms with van der Waals surface area (Å²) >= 11 is 0. The highest BCUT2D eigenvalue weighted by atomic mass is 32.2. The minimum Gasteiger partial charge on any atom is -0.370 e. The fraction of sp³-hybridized carbons (Fsp3) is 0.278. The third-order valence-corrected chi connectivity index (χ3v) is 5.10. The normalized spacial score (nSPS) is 12.2. The van der Waals surface area contributed by atoms with Crippen molar-refractivity contribution in [2.24, 2.45) is 10.7 Å². The van der Waals surface area contributed by atoms with Crippen molar-refractivity contribution >= 4 is 21.7 Å². The van der Waals surface area contributed by atoms with Crippen LogP contribution in [0.3, 0.4) is 0 Å². The van der Waals surface area contributed by atoms with Crippen molar-refractivity contribution < 1.29 is 8.42 Å². The zero-order valence-corrected chi connectivity index (χ0v) is 15.3. The Hall–Kier alpha value is -2.38. The van der Waals surface area contributed by atoms with Crippen LogP contribution in [0.1, 0.15) is 18.1 Å². The first-order valence-corrected chi connectivity index (χ1v) is 9.61. The molecule has 25 heavy (non-hydrogen) atoms. The number of nitrogens with two attached hydrogens (primary N) is 1. The molecule has 0 saturated carbocycles. The van der Waals surface area contributed by atoms with E-state index in [4.69, 9.17) is 5.73 Å². The van der Waals surface area contributed by atoms with E-state index in [-0.39, 0.29) is 23.9 Å². The zero-order valence-electron chi connectivity index (χ0n) is 14.5. The highest BCUT2D eigenvalue weighted by Gasteiger charge is 2.12. The van der Waals surface area contributed by atoms with Crippen LogP contribution in [0.5, 0.6) is 0 Å². The second-order valence-electron chi connectivity index (χ2n) is 5.66. The van der Waals surface area contributed by atoms with Crippen LogP contribution in [0.4, 0.5) is 5.69 Å². The maximum absolute atomic E-state index is 12.1. The number of nitrogens with zero attached hydrogens (tertiary/aromatic N) is 1. The first kappa shape index (κ1) is 19.0. The lowest BCUT2D eigenvalue weighted by Crippen LogP contribution is -2.28. The summed E-state index contributed by atoms with van der Waals surface area (Å²) in [5.41, 5.74) is 8.91. The van der Waals surface area contributed by atoms with Gasteiger partial charge < -0.3 is 11.1 Å². The summed E-state index contributed by atoms with van der Waals surface area (Å²) in [6, 6.07) is 14.6. The van der Waals surface area contributed by atoms with Crippen LogP contribution in [-0.4, -0.2) is 27.5 Å². The summed E-state index contributed by atoms with van der Waals surface area (Å²) in [4.78, 5) is 4.38. The molecule has 0 aromatic heterocycles. The number of hydrogen-bond donors (Lipinski definition) is 3. The molecule has 2 rings (SSSR count). The number of anilines is 1. The van der Waals surface area contributed by atoms with Gasteiger partial charge >= 0.3 is 0 Å². The highest BCUT2D eigenvalue weighted by molar-refractivity contribution is 7.89. The van der Waals surface area contributed by atoms with Gasteiger partial charge in [-0.25, -0.2) is 13.1 Å². The molecule has 0 unspecified atom stereocenters. The van der Waals surface area contributed by atoms with Gasteiger partial charge in [-0.05, 0) is 43.2 Å². The van der Waals surface area contributed by atoms with Crippen molar-refractivity contribution in [3.8, 4) is 0 Å². The number of aliphatic imine (C=N–C) groups is 1. The monoisotopic (exact) mass is 360 g/mol. The van der Waals surface area contributed by atoms with Crippen molar-refractivity contribution in [2.75, 3.05) is 18.4 Å². The van der Waals surface area contributed by atoms with Gasteiger partial charge in [0.05, 0.1) is 11.4 Å². The maximum Gasteiger partial charge on any atom is 0.240 e. The molecule has 0 radical (unpaired) electrons. The third kappa shape index (κ3) is 5.88. The van der Waals surface area contributed by atoms with Gasteiger partial charge in [0.2, 0.25) is 10.0 Å². The molecule has 0 aliphatic carbocycles. The van der Waals surface area contributed by atoms with E-state index in [0.29, 0.717) is 0 Å². The molecule has 0 fully saturated rings. The summed E-state index contributed by atoms with van der Waals surface area (Å²) in [5, 5.41) is 3.00. The number of hydrogen-bond acceptors (Lipinski definition) is 3. The van der Waals surface area contributed by atoms with Crippen LogP contribution >= 0.6 is 0 Å². The fourth-order valence-corrected chi connectivity index (χ4v) is 3.23. The molecule has 2 aromatic rings. The molecule has 0 aliphatic rings. The first-order chi connectivity index (χ1) is 11.9. The van der Waals surface area contributed by atoms with Crippen LogP contribution in [-0.2, 0) is 16.4 Å². The topological polar surface area (TPSA) is 96.6 Å². The molecule has 0 amide bonds. The van der Waals surface area contributed by atoms with Gasteiger partial charge in [0.15, 0.2) is 5.96 Å². The number of rotatable bonds is 7. The Labute approximate surface area is 149 Å². The second-order valence-corrected chi connectivity index (χ2v) is 7.42. The molecule has 0 bridgehead atoms. The number of nitrogens with one attached hydrogen (secondary N) is 2. The Balaban J connectivity index is 1.86. The average Bonchev–Trinajstić information content (AvgIpc) is 2.59. The number of sulfonamides is 1. The number of guanidine groups is 1. The quantitative estimate of drug-likeness (QED) is 0.401. The lowest BCUT2D eigenvalue weighted by Gasteiger charge is -2.08. The van der Waals surface area contributed by atoms with Gasteiger partial charge in [-0.2, -0.15) is 0 Å². The molecule has 0 heterocycles. The van der Waals surface area contributed by atoms with Gasteiger partial charge in [-0.1, -0.05) is 36.8 Å².